The Morgan fingerprint density at radius 3 is 2.50 bits per heavy atom. The zero-order valence-electron chi connectivity index (χ0n) is 10.1. The van der Waals surface area contributed by atoms with Crippen LogP contribution in [0, 0.1) is 0 Å². The third-order valence-electron chi connectivity index (χ3n) is 2.20. The lowest BCUT2D eigenvalue weighted by Crippen LogP contribution is -2.15. The minimum absolute atomic E-state index is 0.0398. The summed E-state index contributed by atoms with van der Waals surface area (Å²) in [6.07, 6.45) is -8.67. The van der Waals surface area contributed by atoms with Crippen LogP contribution in [0.3, 0.4) is 0 Å². The van der Waals surface area contributed by atoms with Gasteiger partial charge in [-0.05, 0) is 34.5 Å². The normalized spacial score (nSPS) is 11.8. The Bertz CT molecular complexity index is 504. The van der Waals surface area contributed by atoms with Crippen molar-refractivity contribution in [3.8, 4) is 0 Å². The van der Waals surface area contributed by atoms with E-state index in [0.717, 1.165) is 6.07 Å². The number of hydrogen-bond acceptors (Lipinski definition) is 3. The molecular weight excluding hydrogens is 353 g/mol. The summed E-state index contributed by atoms with van der Waals surface area (Å²) in [6, 6.07) is 0.814. The smallest absolute Gasteiger partial charge is 0.434 e. The Kier molecular flexibility index (Phi) is 5.43. The highest BCUT2D eigenvalue weighted by atomic mass is 79.9. The molecule has 0 radical (unpaired) electrons. The Labute approximate surface area is 119 Å². The van der Waals surface area contributed by atoms with Crippen LogP contribution in [0.25, 0.3) is 0 Å². The van der Waals surface area contributed by atoms with E-state index in [9.17, 15) is 26.7 Å². The molecule has 0 spiro atoms. The Hall–Kier alpha value is -1.25. The fourth-order valence-electron chi connectivity index (χ4n) is 1.44. The molecule has 0 amide bonds. The highest BCUT2D eigenvalue weighted by Crippen LogP contribution is 2.36. The van der Waals surface area contributed by atoms with Crippen LogP contribution in [0.4, 0.5) is 22.0 Å². The zero-order valence-corrected chi connectivity index (χ0v) is 11.7. The number of aromatic nitrogens is 1. The first kappa shape index (κ1) is 16.8. The summed E-state index contributed by atoms with van der Waals surface area (Å²) in [5.74, 6) is -0.817. The SMILES string of the molecule is CCOC(=O)Cc1cc(Br)c(C(F)(F)F)nc1C(F)F. The van der Waals surface area contributed by atoms with E-state index < -0.39 is 40.9 Å². The Morgan fingerprint density at radius 2 is 2.05 bits per heavy atom. The molecular formula is C11H9BrF5NO2. The highest BCUT2D eigenvalue weighted by Gasteiger charge is 2.37. The van der Waals surface area contributed by atoms with Crippen LogP contribution in [0.15, 0.2) is 10.5 Å². The van der Waals surface area contributed by atoms with Crippen molar-refractivity contribution in [3.05, 3.63) is 27.5 Å². The Balaban J connectivity index is 3.25. The lowest BCUT2D eigenvalue weighted by atomic mass is 10.1. The third-order valence-corrected chi connectivity index (χ3v) is 2.81. The van der Waals surface area contributed by atoms with Crippen LogP contribution in [0.1, 0.15) is 30.3 Å². The zero-order chi connectivity index (χ0) is 15.5. The van der Waals surface area contributed by atoms with Gasteiger partial charge < -0.3 is 4.74 Å². The van der Waals surface area contributed by atoms with Gasteiger partial charge in [0.2, 0.25) is 0 Å². The maximum atomic E-state index is 12.8. The van der Waals surface area contributed by atoms with E-state index in [4.69, 9.17) is 0 Å². The van der Waals surface area contributed by atoms with Gasteiger partial charge in [0.25, 0.3) is 6.43 Å². The molecule has 0 unspecified atom stereocenters. The van der Waals surface area contributed by atoms with Crippen LogP contribution < -0.4 is 0 Å². The van der Waals surface area contributed by atoms with Gasteiger partial charge in [0, 0.05) is 4.47 Å². The lowest BCUT2D eigenvalue weighted by molar-refractivity contribution is -0.142. The molecule has 0 aromatic carbocycles. The molecule has 0 N–H and O–H groups in total. The van der Waals surface area contributed by atoms with Crippen molar-refractivity contribution in [1.29, 1.82) is 0 Å². The van der Waals surface area contributed by atoms with Crippen molar-refractivity contribution in [2.24, 2.45) is 0 Å². The molecule has 1 heterocycles. The first-order chi connectivity index (χ1) is 9.16. The number of halogens is 6. The second kappa shape index (κ2) is 6.47. The fraction of sp³-hybridized carbons (Fsp3) is 0.455. The molecule has 3 nitrogen and oxygen atoms in total. The van der Waals surface area contributed by atoms with Gasteiger partial charge in [0.15, 0.2) is 5.69 Å². The molecule has 0 bridgehead atoms. The average molecular weight is 362 g/mol. The van der Waals surface area contributed by atoms with Crippen LogP contribution in [0.5, 0.6) is 0 Å². The molecule has 1 rings (SSSR count). The van der Waals surface area contributed by atoms with Gasteiger partial charge in [-0.1, -0.05) is 0 Å². The van der Waals surface area contributed by atoms with Crippen molar-refractivity contribution in [3.63, 3.8) is 0 Å². The minimum Gasteiger partial charge on any atom is -0.466 e. The molecule has 20 heavy (non-hydrogen) atoms. The van der Waals surface area contributed by atoms with Crippen LogP contribution in [0.2, 0.25) is 0 Å². The lowest BCUT2D eigenvalue weighted by Gasteiger charge is -2.13. The fourth-order valence-corrected chi connectivity index (χ4v) is 2.03. The monoisotopic (exact) mass is 361 g/mol. The quantitative estimate of drug-likeness (QED) is 0.602. The van der Waals surface area contributed by atoms with Crippen molar-refractivity contribution >= 4 is 21.9 Å². The molecule has 1 aromatic rings. The first-order valence-corrected chi connectivity index (χ1v) is 6.16. The second-order valence-electron chi connectivity index (χ2n) is 3.64. The topological polar surface area (TPSA) is 39.2 Å². The van der Waals surface area contributed by atoms with E-state index in [0.29, 0.717) is 0 Å². The average Bonchev–Trinajstić information content (AvgIpc) is 2.26. The number of ether oxygens (including phenoxy) is 1. The minimum atomic E-state index is -4.87. The summed E-state index contributed by atoms with van der Waals surface area (Å²) in [5.41, 5.74) is -2.84. The van der Waals surface area contributed by atoms with Crippen LogP contribution in [-0.4, -0.2) is 17.6 Å². The maximum Gasteiger partial charge on any atom is 0.434 e. The van der Waals surface area contributed by atoms with Gasteiger partial charge in [-0.3, -0.25) is 4.79 Å². The number of rotatable bonds is 4. The molecule has 0 atom stereocenters. The van der Waals surface area contributed by atoms with E-state index in [-0.39, 0.29) is 12.2 Å². The maximum absolute atomic E-state index is 12.8. The standard InChI is InChI=1S/C11H9BrF5NO2/c1-2-20-7(19)4-5-3-6(12)9(11(15,16)17)18-8(5)10(13)14/h3,10H,2,4H2,1H3. The first-order valence-electron chi connectivity index (χ1n) is 5.37. The third kappa shape index (κ3) is 4.12. The number of esters is 1. The second-order valence-corrected chi connectivity index (χ2v) is 4.50. The number of pyridine rings is 1. The molecule has 0 fully saturated rings. The number of alkyl halides is 5. The van der Waals surface area contributed by atoms with Crippen molar-refractivity contribution in [1.82, 2.24) is 4.98 Å². The highest BCUT2D eigenvalue weighted by molar-refractivity contribution is 9.10. The number of hydrogen-bond donors (Lipinski definition) is 0. The predicted octanol–water partition coefficient (Wildman–Crippen LogP) is 3.91. The molecule has 0 aliphatic carbocycles. The van der Waals surface area contributed by atoms with Crippen LogP contribution in [-0.2, 0) is 22.1 Å². The summed E-state index contributed by atoms with van der Waals surface area (Å²) < 4.78 is 67.3. The molecule has 112 valence electrons. The van der Waals surface area contributed by atoms with Gasteiger partial charge >= 0.3 is 12.1 Å². The van der Waals surface area contributed by atoms with Gasteiger partial charge in [0.1, 0.15) is 5.69 Å². The molecule has 0 saturated carbocycles. The van der Waals surface area contributed by atoms with Crippen molar-refractivity contribution in [2.45, 2.75) is 25.9 Å². The van der Waals surface area contributed by atoms with Crippen LogP contribution >= 0.6 is 15.9 Å². The summed E-state index contributed by atoms with van der Waals surface area (Å²) in [7, 11) is 0. The molecule has 0 aliphatic heterocycles. The van der Waals surface area contributed by atoms with E-state index in [1.807, 2.05) is 0 Å². The van der Waals surface area contributed by atoms with E-state index >= 15 is 0 Å². The number of carbonyl (C=O) groups is 1. The van der Waals surface area contributed by atoms with Crippen molar-refractivity contribution in [2.75, 3.05) is 6.61 Å². The predicted molar refractivity (Wildman–Crippen MR) is 62.2 cm³/mol. The largest absolute Gasteiger partial charge is 0.466 e. The summed E-state index contributed by atoms with van der Waals surface area (Å²) in [4.78, 5) is 14.2. The molecule has 0 saturated heterocycles. The van der Waals surface area contributed by atoms with E-state index in [1.54, 1.807) is 0 Å². The van der Waals surface area contributed by atoms with Gasteiger partial charge in [0.05, 0.1) is 13.0 Å². The summed E-state index contributed by atoms with van der Waals surface area (Å²) >= 11 is 2.62. The number of nitrogens with zero attached hydrogens (tertiary/aromatic N) is 1. The van der Waals surface area contributed by atoms with Gasteiger partial charge in [-0.15, -0.1) is 0 Å². The summed E-state index contributed by atoms with van der Waals surface area (Å²) in [5, 5.41) is 0. The Morgan fingerprint density at radius 1 is 1.45 bits per heavy atom. The van der Waals surface area contributed by atoms with E-state index in [2.05, 4.69) is 25.7 Å². The van der Waals surface area contributed by atoms with Crippen molar-refractivity contribution < 1.29 is 31.5 Å². The molecule has 1 aromatic heterocycles. The molecule has 0 aliphatic rings. The molecule has 9 heteroatoms. The number of carbonyl (C=O) groups excluding carboxylic acids is 1. The van der Waals surface area contributed by atoms with E-state index in [1.165, 1.54) is 6.92 Å². The van der Waals surface area contributed by atoms with Gasteiger partial charge in [-0.25, -0.2) is 13.8 Å². The van der Waals surface area contributed by atoms with Gasteiger partial charge in [-0.2, -0.15) is 13.2 Å². The summed E-state index contributed by atoms with van der Waals surface area (Å²) in [6.45, 7) is 1.56.